The number of hydrogen-bond acceptors (Lipinski definition) is 2. The third kappa shape index (κ3) is 4.19. The molecule has 4 N–H and O–H groups in total. The molecule has 0 saturated carbocycles. The van der Waals surface area contributed by atoms with Crippen molar-refractivity contribution >= 4 is 11.4 Å². The highest BCUT2D eigenvalue weighted by atomic mass is 14.6. The van der Waals surface area contributed by atoms with Crippen LogP contribution in [0, 0.1) is 5.92 Å². The molecule has 2 nitrogen and oxygen atoms in total. The van der Waals surface area contributed by atoms with Gasteiger partial charge >= 0.3 is 0 Å². The van der Waals surface area contributed by atoms with Crippen LogP contribution in [0.2, 0.25) is 0 Å². The molecule has 0 aromatic heterocycles. The number of unbranched alkanes of at least 4 members (excludes halogenated alkanes) is 2. The second-order valence-corrected chi connectivity index (χ2v) is 7.18. The van der Waals surface area contributed by atoms with E-state index in [1.165, 1.54) is 36.0 Å². The van der Waals surface area contributed by atoms with Crippen LogP contribution in [0.25, 0.3) is 0 Å². The Morgan fingerprint density at radius 3 is 2.43 bits per heavy atom. The molecular weight excluding hydrogens is 280 g/mol. The van der Waals surface area contributed by atoms with Gasteiger partial charge in [0.1, 0.15) is 0 Å². The molecule has 1 aromatic rings. The van der Waals surface area contributed by atoms with Crippen LogP contribution in [0.1, 0.15) is 69.9 Å². The van der Waals surface area contributed by atoms with Crippen LogP contribution in [0.5, 0.6) is 0 Å². The van der Waals surface area contributed by atoms with Crippen LogP contribution in [0.15, 0.2) is 35.9 Å². The Labute approximate surface area is 141 Å². The number of anilines is 2. The molecule has 0 saturated heterocycles. The standard InChI is InChI=1S/C21H32N2/c1-5-6-7-8-16-12-19(22)21(20(23)13-16)18-11-15(4)9-10-17(18)14(2)3/h11-13,17-18H,2,5-10,22-23H2,1,3-4H3/t17-,18+/m0/s1. The van der Waals surface area contributed by atoms with Gasteiger partial charge < -0.3 is 11.5 Å². The third-order valence-electron chi connectivity index (χ3n) is 5.09. The highest BCUT2D eigenvalue weighted by molar-refractivity contribution is 5.66. The van der Waals surface area contributed by atoms with Gasteiger partial charge in [-0.05, 0) is 63.1 Å². The predicted octanol–water partition coefficient (Wildman–Crippen LogP) is 5.60. The topological polar surface area (TPSA) is 52.0 Å². The average Bonchev–Trinajstić information content (AvgIpc) is 2.46. The highest BCUT2D eigenvalue weighted by Crippen LogP contribution is 2.44. The summed E-state index contributed by atoms with van der Waals surface area (Å²) in [6, 6.07) is 4.27. The fraction of sp³-hybridized carbons (Fsp3) is 0.524. The van der Waals surface area contributed by atoms with Crippen molar-refractivity contribution in [2.24, 2.45) is 5.92 Å². The SMILES string of the molecule is C=C(C)[C@@H]1CCC(C)=C[C@H]1c1c(N)cc(CCCCC)cc1N. The molecule has 0 heterocycles. The van der Waals surface area contributed by atoms with Crippen LogP contribution in [0.4, 0.5) is 11.4 Å². The number of aryl methyl sites for hydroxylation is 1. The molecule has 2 rings (SSSR count). The van der Waals surface area contributed by atoms with E-state index in [4.69, 9.17) is 11.5 Å². The van der Waals surface area contributed by atoms with Crippen molar-refractivity contribution in [3.63, 3.8) is 0 Å². The van der Waals surface area contributed by atoms with Crippen molar-refractivity contribution < 1.29 is 0 Å². The minimum atomic E-state index is 0.269. The van der Waals surface area contributed by atoms with E-state index in [0.717, 1.165) is 36.2 Å². The molecule has 0 radical (unpaired) electrons. The average molecular weight is 313 g/mol. The summed E-state index contributed by atoms with van der Waals surface area (Å²) in [5.74, 6) is 0.709. The summed E-state index contributed by atoms with van der Waals surface area (Å²) < 4.78 is 0. The Hall–Kier alpha value is -1.70. The quantitative estimate of drug-likeness (QED) is 0.408. The molecule has 23 heavy (non-hydrogen) atoms. The number of benzene rings is 1. The molecule has 0 spiro atoms. The normalized spacial score (nSPS) is 21.1. The van der Waals surface area contributed by atoms with Crippen LogP contribution in [-0.2, 0) is 6.42 Å². The summed E-state index contributed by atoms with van der Waals surface area (Å²) in [7, 11) is 0. The van der Waals surface area contributed by atoms with Crippen molar-refractivity contribution in [1.82, 2.24) is 0 Å². The maximum Gasteiger partial charge on any atom is 0.0376 e. The van der Waals surface area contributed by atoms with Crippen LogP contribution in [-0.4, -0.2) is 0 Å². The summed E-state index contributed by atoms with van der Waals surface area (Å²) in [6.45, 7) is 10.7. The zero-order valence-corrected chi connectivity index (χ0v) is 15.0. The van der Waals surface area contributed by atoms with E-state index in [1.807, 2.05) is 0 Å². The Morgan fingerprint density at radius 1 is 1.22 bits per heavy atom. The maximum atomic E-state index is 6.43. The van der Waals surface area contributed by atoms with Crippen molar-refractivity contribution in [3.05, 3.63) is 47.1 Å². The number of hydrogen-bond donors (Lipinski definition) is 2. The Morgan fingerprint density at radius 2 is 1.87 bits per heavy atom. The fourth-order valence-electron chi connectivity index (χ4n) is 3.78. The monoisotopic (exact) mass is 312 g/mol. The molecule has 2 heteroatoms. The largest absolute Gasteiger partial charge is 0.398 e. The summed E-state index contributed by atoms with van der Waals surface area (Å²) in [5.41, 5.74) is 19.6. The first-order valence-electron chi connectivity index (χ1n) is 8.94. The predicted molar refractivity (Wildman–Crippen MR) is 103 cm³/mol. The summed E-state index contributed by atoms with van der Waals surface area (Å²) in [4.78, 5) is 0. The first kappa shape index (κ1) is 17.7. The zero-order chi connectivity index (χ0) is 17.0. The van der Waals surface area contributed by atoms with Crippen molar-refractivity contribution in [3.8, 4) is 0 Å². The van der Waals surface area contributed by atoms with Gasteiger partial charge in [-0.15, -0.1) is 0 Å². The molecule has 1 aliphatic rings. The lowest BCUT2D eigenvalue weighted by atomic mass is 9.73. The van der Waals surface area contributed by atoms with Crippen LogP contribution < -0.4 is 11.5 Å². The molecule has 2 atom stereocenters. The van der Waals surface area contributed by atoms with Crippen molar-refractivity contribution in [1.29, 1.82) is 0 Å². The lowest BCUT2D eigenvalue weighted by Gasteiger charge is -2.32. The van der Waals surface area contributed by atoms with Gasteiger partial charge in [-0.2, -0.15) is 0 Å². The third-order valence-corrected chi connectivity index (χ3v) is 5.09. The minimum Gasteiger partial charge on any atom is -0.398 e. The fourth-order valence-corrected chi connectivity index (χ4v) is 3.78. The number of rotatable bonds is 6. The molecule has 0 unspecified atom stereocenters. The summed E-state index contributed by atoms with van der Waals surface area (Å²) in [5, 5.41) is 0. The second kappa shape index (κ2) is 7.72. The highest BCUT2D eigenvalue weighted by Gasteiger charge is 2.28. The first-order chi connectivity index (χ1) is 10.9. The second-order valence-electron chi connectivity index (χ2n) is 7.18. The molecule has 126 valence electrons. The smallest absolute Gasteiger partial charge is 0.0376 e. The molecule has 1 aliphatic carbocycles. The number of allylic oxidation sites excluding steroid dienone is 3. The van der Waals surface area contributed by atoms with E-state index in [0.29, 0.717) is 5.92 Å². The molecule has 1 aromatic carbocycles. The minimum absolute atomic E-state index is 0.269. The van der Waals surface area contributed by atoms with Crippen molar-refractivity contribution in [2.45, 2.75) is 65.2 Å². The lowest BCUT2D eigenvalue weighted by Crippen LogP contribution is -2.19. The van der Waals surface area contributed by atoms with Gasteiger partial charge in [0.25, 0.3) is 0 Å². The molecule has 0 aliphatic heterocycles. The zero-order valence-electron chi connectivity index (χ0n) is 15.0. The molecular formula is C21H32N2. The maximum absolute atomic E-state index is 6.43. The summed E-state index contributed by atoms with van der Waals surface area (Å²) >= 11 is 0. The van der Waals surface area contributed by atoms with Gasteiger partial charge in [-0.25, -0.2) is 0 Å². The van der Waals surface area contributed by atoms with Crippen LogP contribution >= 0.6 is 0 Å². The Balaban J connectivity index is 2.34. The van der Waals surface area contributed by atoms with Gasteiger partial charge in [0, 0.05) is 22.9 Å². The van der Waals surface area contributed by atoms with E-state index in [1.54, 1.807) is 0 Å². The Bertz CT molecular complexity index is 575. The van der Waals surface area contributed by atoms with Gasteiger partial charge in [0.15, 0.2) is 0 Å². The van der Waals surface area contributed by atoms with Gasteiger partial charge in [-0.3, -0.25) is 0 Å². The Kier molecular flexibility index (Phi) is 5.92. The van der Waals surface area contributed by atoms with E-state index in [-0.39, 0.29) is 5.92 Å². The van der Waals surface area contributed by atoms with Crippen molar-refractivity contribution in [2.75, 3.05) is 11.5 Å². The number of nitrogens with two attached hydrogens (primary N) is 2. The molecule has 0 bridgehead atoms. The van der Waals surface area contributed by atoms with E-state index in [9.17, 15) is 0 Å². The van der Waals surface area contributed by atoms with Gasteiger partial charge in [-0.1, -0.05) is 43.6 Å². The van der Waals surface area contributed by atoms with E-state index >= 15 is 0 Å². The first-order valence-corrected chi connectivity index (χ1v) is 8.94. The molecule has 0 fully saturated rings. The summed E-state index contributed by atoms with van der Waals surface area (Å²) in [6.07, 6.45) is 9.38. The van der Waals surface area contributed by atoms with Gasteiger partial charge in [0.05, 0.1) is 0 Å². The number of nitrogen functional groups attached to an aromatic ring is 2. The van der Waals surface area contributed by atoms with E-state index in [2.05, 4.69) is 45.6 Å². The van der Waals surface area contributed by atoms with Gasteiger partial charge in [0.2, 0.25) is 0 Å². The van der Waals surface area contributed by atoms with E-state index < -0.39 is 0 Å². The molecule has 0 amide bonds. The van der Waals surface area contributed by atoms with Crippen LogP contribution in [0.3, 0.4) is 0 Å². The lowest BCUT2D eigenvalue weighted by molar-refractivity contribution is 0.485.